The van der Waals surface area contributed by atoms with Crippen LogP contribution in [-0.2, 0) is 10.1 Å². The fraction of sp³-hybridized carbons (Fsp3) is 1.00. The first-order valence-electron chi connectivity index (χ1n) is 7.73. The molecule has 0 saturated heterocycles. The van der Waals surface area contributed by atoms with Gasteiger partial charge in [0, 0.05) is 12.2 Å². The number of alkyl halides is 2. The lowest BCUT2D eigenvalue weighted by Crippen LogP contribution is -2.47. The summed E-state index contributed by atoms with van der Waals surface area (Å²) in [7, 11) is -4.16. The zero-order chi connectivity index (χ0) is 16.9. The molecule has 4 nitrogen and oxygen atoms in total. The van der Waals surface area contributed by atoms with Gasteiger partial charge < -0.3 is 9.04 Å². The van der Waals surface area contributed by atoms with Crippen molar-refractivity contribution in [3.63, 3.8) is 0 Å². The Morgan fingerprint density at radius 3 is 1.57 bits per heavy atom. The van der Waals surface area contributed by atoms with Crippen molar-refractivity contribution < 1.29 is 26.2 Å². The summed E-state index contributed by atoms with van der Waals surface area (Å²) in [6.07, 6.45) is -1.75. The van der Waals surface area contributed by atoms with E-state index in [0.29, 0.717) is 6.42 Å². The van der Waals surface area contributed by atoms with Crippen LogP contribution in [0.15, 0.2) is 0 Å². The summed E-state index contributed by atoms with van der Waals surface area (Å²) in [4.78, 5) is 0. The van der Waals surface area contributed by atoms with Crippen LogP contribution < -0.4 is 0 Å². The highest BCUT2D eigenvalue weighted by molar-refractivity contribution is 7.85. The smallest absolute Gasteiger partial charge is 0.238 e. The maximum Gasteiger partial charge on any atom is 0.238 e. The van der Waals surface area contributed by atoms with Crippen LogP contribution in [0.25, 0.3) is 0 Å². The van der Waals surface area contributed by atoms with Crippen molar-refractivity contribution in [2.24, 2.45) is 0 Å². The van der Waals surface area contributed by atoms with E-state index in [9.17, 15) is 21.8 Å². The van der Waals surface area contributed by atoms with E-state index in [0.717, 1.165) is 0 Å². The molecule has 0 amide bonds. The van der Waals surface area contributed by atoms with Crippen LogP contribution >= 0.6 is 0 Å². The van der Waals surface area contributed by atoms with E-state index in [-0.39, 0.29) is 19.3 Å². The summed E-state index contributed by atoms with van der Waals surface area (Å²) >= 11 is 0. The minimum absolute atomic E-state index is 0.179. The monoisotopic (exact) mass is 331 g/mol. The molecule has 0 aliphatic carbocycles. The normalized spacial score (nSPS) is 12.2. The van der Waals surface area contributed by atoms with Gasteiger partial charge in [0.2, 0.25) is 6.43 Å². The predicted molar refractivity (Wildman–Crippen MR) is 81.5 cm³/mol. The van der Waals surface area contributed by atoms with Gasteiger partial charge in [0.25, 0.3) is 0 Å². The van der Waals surface area contributed by atoms with Crippen LogP contribution in [0.3, 0.4) is 0 Å². The molecule has 0 aromatic rings. The molecule has 0 bridgehead atoms. The lowest BCUT2D eigenvalue weighted by molar-refractivity contribution is -0.921. The van der Waals surface area contributed by atoms with Gasteiger partial charge >= 0.3 is 0 Å². The molecule has 0 spiro atoms. The van der Waals surface area contributed by atoms with Crippen LogP contribution in [-0.4, -0.2) is 55.8 Å². The number of nitrogens with zero attached hydrogens (tertiary/aromatic N) is 1. The van der Waals surface area contributed by atoms with Crippen molar-refractivity contribution in [2.45, 2.75) is 59.8 Å². The van der Waals surface area contributed by atoms with E-state index in [1.165, 1.54) is 30.7 Å². The highest BCUT2D eigenvalue weighted by atomic mass is 32.2. The fourth-order valence-corrected chi connectivity index (χ4v) is 2.65. The van der Waals surface area contributed by atoms with Crippen molar-refractivity contribution in [3.8, 4) is 0 Å². The van der Waals surface area contributed by atoms with Crippen molar-refractivity contribution in [3.05, 3.63) is 0 Å². The minimum atomic E-state index is -4.16. The quantitative estimate of drug-likeness (QED) is 0.351. The van der Waals surface area contributed by atoms with Gasteiger partial charge in [-0.1, -0.05) is 6.42 Å². The second kappa shape index (κ2) is 12.3. The van der Waals surface area contributed by atoms with E-state index in [1.54, 1.807) is 0 Å². The van der Waals surface area contributed by atoms with Crippen LogP contribution in [0.5, 0.6) is 0 Å². The van der Waals surface area contributed by atoms with Gasteiger partial charge in [-0.2, -0.15) is 0 Å². The fourth-order valence-electron chi connectivity index (χ4n) is 2.10. The van der Waals surface area contributed by atoms with E-state index >= 15 is 0 Å². The van der Waals surface area contributed by atoms with Crippen LogP contribution in [0.2, 0.25) is 0 Å². The molecular weight excluding hydrogens is 300 g/mol. The minimum Gasteiger partial charge on any atom is -0.748 e. The molecule has 0 rings (SSSR count). The first-order chi connectivity index (χ1) is 9.66. The summed E-state index contributed by atoms with van der Waals surface area (Å²) in [5.41, 5.74) is 0. The molecule has 7 heteroatoms. The zero-order valence-electron chi connectivity index (χ0n) is 13.8. The third-order valence-corrected chi connectivity index (χ3v) is 4.79. The Kier molecular flexibility index (Phi) is 13.5. The molecule has 0 aromatic heterocycles. The highest BCUT2D eigenvalue weighted by Crippen LogP contribution is 2.07. The van der Waals surface area contributed by atoms with Crippen molar-refractivity contribution >= 4 is 10.1 Å². The van der Waals surface area contributed by atoms with Gasteiger partial charge in [-0.05, 0) is 40.5 Å². The van der Waals surface area contributed by atoms with Crippen molar-refractivity contribution in [1.82, 2.24) is 0 Å². The number of quaternary nitrogens is 1. The lowest BCUT2D eigenvalue weighted by Gasteiger charge is -2.34. The van der Waals surface area contributed by atoms with Gasteiger partial charge in [0.05, 0.1) is 36.3 Å². The SMILES string of the molecule is CC[N+](CC)(CC)CC.O=S(=O)([O-])CCCCCC(F)F. The highest BCUT2D eigenvalue weighted by Gasteiger charge is 2.16. The van der Waals surface area contributed by atoms with E-state index in [2.05, 4.69) is 27.7 Å². The van der Waals surface area contributed by atoms with Crippen molar-refractivity contribution in [1.29, 1.82) is 0 Å². The molecule has 0 N–H and O–H groups in total. The Hall–Kier alpha value is -0.270. The summed E-state index contributed by atoms with van der Waals surface area (Å²) in [5.74, 6) is -0.448. The number of hydrogen-bond donors (Lipinski definition) is 0. The molecular formula is C14H31F2NO3S. The molecule has 0 saturated carbocycles. The Morgan fingerprint density at radius 2 is 1.33 bits per heavy atom. The van der Waals surface area contributed by atoms with Gasteiger partial charge in [-0.25, -0.2) is 17.2 Å². The van der Waals surface area contributed by atoms with Gasteiger partial charge in [-0.15, -0.1) is 0 Å². The number of halogens is 2. The van der Waals surface area contributed by atoms with E-state index in [4.69, 9.17) is 0 Å². The third kappa shape index (κ3) is 14.4. The van der Waals surface area contributed by atoms with Gasteiger partial charge in [0.15, 0.2) is 0 Å². The maximum atomic E-state index is 11.5. The standard InChI is InChI=1S/C8H20N.C6H12F2O3S/c1-5-9(6-2,7-3)8-4;7-6(8)4-2-1-3-5-12(9,10)11/h5-8H2,1-4H3;6H,1-5H2,(H,9,10,11)/q+1;/p-1. The second-order valence-corrected chi connectivity index (χ2v) is 6.63. The lowest BCUT2D eigenvalue weighted by atomic mass is 10.2. The molecule has 0 atom stereocenters. The Morgan fingerprint density at radius 1 is 0.905 bits per heavy atom. The first kappa shape index (κ1) is 23.0. The average molecular weight is 331 g/mol. The molecule has 0 aromatic carbocycles. The largest absolute Gasteiger partial charge is 0.748 e. The van der Waals surface area contributed by atoms with Crippen LogP contribution in [0, 0.1) is 0 Å². The Bertz CT molecular complexity index is 314. The molecule has 0 heterocycles. The molecule has 0 unspecified atom stereocenters. The van der Waals surface area contributed by atoms with E-state index < -0.39 is 22.3 Å². The summed E-state index contributed by atoms with van der Waals surface area (Å²) in [5, 5.41) is 0. The Labute approximate surface area is 128 Å². The maximum absolute atomic E-state index is 11.5. The number of rotatable bonds is 10. The zero-order valence-corrected chi connectivity index (χ0v) is 14.6. The summed E-state index contributed by atoms with van der Waals surface area (Å²) in [6.45, 7) is 14.2. The molecule has 21 heavy (non-hydrogen) atoms. The molecule has 0 aliphatic rings. The van der Waals surface area contributed by atoms with Crippen molar-refractivity contribution in [2.75, 3.05) is 31.9 Å². The summed E-state index contributed by atoms with van der Waals surface area (Å²) < 4.78 is 54.4. The second-order valence-electron chi connectivity index (χ2n) is 5.11. The van der Waals surface area contributed by atoms with Crippen LogP contribution in [0.1, 0.15) is 53.4 Å². The van der Waals surface area contributed by atoms with Crippen LogP contribution in [0.4, 0.5) is 8.78 Å². The number of hydrogen-bond acceptors (Lipinski definition) is 3. The summed E-state index contributed by atoms with van der Waals surface area (Å²) in [6, 6.07) is 0. The molecule has 0 fully saturated rings. The molecule has 130 valence electrons. The topological polar surface area (TPSA) is 57.2 Å². The molecule has 0 radical (unpaired) electrons. The predicted octanol–water partition coefficient (Wildman–Crippen LogP) is 3.24. The van der Waals surface area contributed by atoms with E-state index in [1.807, 2.05) is 0 Å². The third-order valence-electron chi connectivity index (χ3n) is 4.00. The van der Waals surface area contributed by atoms with Gasteiger partial charge in [-0.3, -0.25) is 0 Å². The average Bonchev–Trinajstić information content (AvgIpc) is 2.41. The first-order valence-corrected chi connectivity index (χ1v) is 9.30. The molecule has 0 aliphatic heterocycles. The van der Waals surface area contributed by atoms with Gasteiger partial charge in [0.1, 0.15) is 0 Å². The Balaban J connectivity index is 0. The number of unbranched alkanes of at least 4 members (excludes halogenated alkanes) is 2.